The first-order valence-electron chi connectivity index (χ1n) is 8.44. The van der Waals surface area contributed by atoms with Crippen molar-refractivity contribution in [1.29, 1.82) is 0 Å². The van der Waals surface area contributed by atoms with Crippen LogP contribution in [-0.4, -0.2) is 41.7 Å². The molecular formula is C19H18F2N4O4. The summed E-state index contributed by atoms with van der Waals surface area (Å²) in [6, 6.07) is 11.3. The molecule has 1 amide bonds. The SMILES string of the molecule is COc1cccc(-n2nnc(C(=O)Nc3ccc(OC)c(OC(F)F)c3)c2C)c1. The Hall–Kier alpha value is -3.69. The summed E-state index contributed by atoms with van der Waals surface area (Å²) in [6.07, 6.45) is 0. The number of alkyl halides is 2. The number of nitrogens with zero attached hydrogens (tertiary/aromatic N) is 3. The van der Waals surface area contributed by atoms with Crippen LogP contribution >= 0.6 is 0 Å². The van der Waals surface area contributed by atoms with Gasteiger partial charge in [0, 0.05) is 17.8 Å². The lowest BCUT2D eigenvalue weighted by Gasteiger charge is -2.12. The third kappa shape index (κ3) is 4.42. The summed E-state index contributed by atoms with van der Waals surface area (Å²) < 4.78 is 41.2. The summed E-state index contributed by atoms with van der Waals surface area (Å²) in [5.41, 5.74) is 1.49. The van der Waals surface area contributed by atoms with Gasteiger partial charge in [-0.3, -0.25) is 4.79 Å². The molecule has 1 aromatic heterocycles. The Morgan fingerprint density at radius 1 is 1.10 bits per heavy atom. The van der Waals surface area contributed by atoms with Crippen molar-refractivity contribution in [3.63, 3.8) is 0 Å². The predicted molar refractivity (Wildman–Crippen MR) is 100 cm³/mol. The van der Waals surface area contributed by atoms with Crippen molar-refractivity contribution in [2.24, 2.45) is 0 Å². The lowest BCUT2D eigenvalue weighted by molar-refractivity contribution is -0.0511. The smallest absolute Gasteiger partial charge is 0.387 e. The molecule has 0 aliphatic rings. The van der Waals surface area contributed by atoms with E-state index in [4.69, 9.17) is 9.47 Å². The van der Waals surface area contributed by atoms with Gasteiger partial charge in [0.15, 0.2) is 17.2 Å². The van der Waals surface area contributed by atoms with Crippen molar-refractivity contribution in [1.82, 2.24) is 15.0 Å². The van der Waals surface area contributed by atoms with Gasteiger partial charge in [0.25, 0.3) is 5.91 Å². The predicted octanol–water partition coefficient (Wildman–Crippen LogP) is 3.45. The molecule has 1 heterocycles. The van der Waals surface area contributed by atoms with Crippen molar-refractivity contribution in [2.75, 3.05) is 19.5 Å². The molecule has 0 fully saturated rings. The fourth-order valence-corrected chi connectivity index (χ4v) is 2.66. The topological polar surface area (TPSA) is 87.5 Å². The van der Waals surface area contributed by atoms with Gasteiger partial charge < -0.3 is 19.5 Å². The molecule has 0 saturated carbocycles. The van der Waals surface area contributed by atoms with E-state index >= 15 is 0 Å². The minimum absolute atomic E-state index is 0.0833. The molecule has 1 N–H and O–H groups in total. The highest BCUT2D eigenvalue weighted by molar-refractivity contribution is 6.03. The Kier molecular flexibility index (Phi) is 5.91. The first-order chi connectivity index (χ1) is 13.9. The standard InChI is InChI=1S/C19H18F2N4O4/c1-11-17(23-24-25(11)13-5-4-6-14(10-13)27-2)18(26)22-12-7-8-15(28-3)16(9-12)29-19(20)21/h4-10,19H,1-3H3,(H,22,26). The Labute approximate surface area is 165 Å². The molecule has 8 nitrogen and oxygen atoms in total. The van der Waals surface area contributed by atoms with E-state index in [-0.39, 0.29) is 22.9 Å². The molecule has 0 aliphatic carbocycles. The van der Waals surface area contributed by atoms with Gasteiger partial charge in [-0.05, 0) is 31.2 Å². The Balaban J connectivity index is 1.84. The van der Waals surface area contributed by atoms with Crippen molar-refractivity contribution in [3.05, 3.63) is 53.9 Å². The van der Waals surface area contributed by atoms with Crippen molar-refractivity contribution < 1.29 is 27.8 Å². The monoisotopic (exact) mass is 404 g/mol. The molecule has 0 spiro atoms. The van der Waals surface area contributed by atoms with Gasteiger partial charge in [0.1, 0.15) is 5.75 Å². The average Bonchev–Trinajstić information content (AvgIpc) is 3.09. The van der Waals surface area contributed by atoms with Crippen molar-refractivity contribution in [2.45, 2.75) is 13.5 Å². The maximum atomic E-state index is 12.6. The fourth-order valence-electron chi connectivity index (χ4n) is 2.66. The maximum Gasteiger partial charge on any atom is 0.387 e. The number of methoxy groups -OCH3 is 2. The van der Waals surface area contributed by atoms with Gasteiger partial charge in [-0.25, -0.2) is 4.68 Å². The molecule has 3 rings (SSSR count). The molecule has 0 unspecified atom stereocenters. The van der Waals surface area contributed by atoms with E-state index in [9.17, 15) is 13.6 Å². The third-order valence-electron chi connectivity index (χ3n) is 4.05. The van der Waals surface area contributed by atoms with Gasteiger partial charge in [-0.1, -0.05) is 11.3 Å². The number of halogens is 2. The second-order valence-electron chi connectivity index (χ2n) is 5.84. The van der Waals surface area contributed by atoms with Crippen LogP contribution in [0.5, 0.6) is 17.2 Å². The van der Waals surface area contributed by atoms with E-state index in [1.807, 2.05) is 0 Å². The Morgan fingerprint density at radius 3 is 2.59 bits per heavy atom. The number of benzene rings is 2. The number of carbonyl (C=O) groups is 1. The molecule has 3 aromatic rings. The summed E-state index contributed by atoms with van der Waals surface area (Å²) in [6.45, 7) is -1.34. The van der Waals surface area contributed by atoms with Crippen LogP contribution in [0.2, 0.25) is 0 Å². The lowest BCUT2D eigenvalue weighted by Crippen LogP contribution is -2.14. The number of nitrogens with one attached hydrogen (secondary N) is 1. The highest BCUT2D eigenvalue weighted by atomic mass is 19.3. The molecule has 0 radical (unpaired) electrons. The number of amides is 1. The first kappa shape index (κ1) is 20.1. The maximum absolute atomic E-state index is 12.6. The van der Waals surface area contributed by atoms with Gasteiger partial charge in [0.2, 0.25) is 0 Å². The molecule has 10 heteroatoms. The minimum atomic E-state index is -3.03. The van der Waals surface area contributed by atoms with E-state index < -0.39 is 12.5 Å². The third-order valence-corrected chi connectivity index (χ3v) is 4.05. The zero-order chi connectivity index (χ0) is 21.0. The van der Waals surface area contributed by atoms with Crippen LogP contribution in [0.15, 0.2) is 42.5 Å². The number of hydrogen-bond acceptors (Lipinski definition) is 6. The highest BCUT2D eigenvalue weighted by Gasteiger charge is 2.19. The quantitative estimate of drug-likeness (QED) is 0.649. The molecule has 0 aliphatic heterocycles. The van der Waals surface area contributed by atoms with Gasteiger partial charge in [0.05, 0.1) is 25.6 Å². The molecular weight excluding hydrogens is 386 g/mol. The molecule has 0 bridgehead atoms. The fraction of sp³-hybridized carbons (Fsp3) is 0.211. The van der Waals surface area contributed by atoms with Crippen LogP contribution in [0.4, 0.5) is 14.5 Å². The number of hydrogen-bond donors (Lipinski definition) is 1. The van der Waals surface area contributed by atoms with Gasteiger partial charge >= 0.3 is 6.61 Å². The average molecular weight is 404 g/mol. The normalized spacial score (nSPS) is 10.7. The van der Waals surface area contributed by atoms with E-state index in [0.29, 0.717) is 17.1 Å². The van der Waals surface area contributed by atoms with Crippen LogP contribution < -0.4 is 19.5 Å². The number of rotatable bonds is 7. The van der Waals surface area contributed by atoms with Gasteiger partial charge in [-0.15, -0.1) is 5.10 Å². The van der Waals surface area contributed by atoms with E-state index in [1.54, 1.807) is 38.3 Å². The first-order valence-corrected chi connectivity index (χ1v) is 8.44. The summed E-state index contributed by atoms with van der Waals surface area (Å²) in [4.78, 5) is 12.6. The molecule has 2 aromatic carbocycles. The summed E-state index contributed by atoms with van der Waals surface area (Å²) >= 11 is 0. The number of anilines is 1. The van der Waals surface area contributed by atoms with E-state index in [1.165, 1.54) is 30.0 Å². The van der Waals surface area contributed by atoms with Crippen molar-refractivity contribution >= 4 is 11.6 Å². The number of ether oxygens (including phenoxy) is 3. The van der Waals surface area contributed by atoms with E-state index in [2.05, 4.69) is 20.4 Å². The summed E-state index contributed by atoms with van der Waals surface area (Å²) in [5.74, 6) is -0.00138. The zero-order valence-corrected chi connectivity index (χ0v) is 15.8. The lowest BCUT2D eigenvalue weighted by atomic mass is 10.2. The van der Waals surface area contributed by atoms with Crippen LogP contribution in [0.1, 0.15) is 16.2 Å². The zero-order valence-electron chi connectivity index (χ0n) is 15.8. The highest BCUT2D eigenvalue weighted by Crippen LogP contribution is 2.31. The Bertz CT molecular complexity index is 1020. The van der Waals surface area contributed by atoms with Crippen LogP contribution in [-0.2, 0) is 0 Å². The van der Waals surface area contributed by atoms with Crippen LogP contribution in [0, 0.1) is 6.92 Å². The number of carbonyl (C=O) groups excluding carboxylic acids is 1. The van der Waals surface area contributed by atoms with Crippen LogP contribution in [0.3, 0.4) is 0 Å². The molecule has 152 valence electrons. The van der Waals surface area contributed by atoms with Crippen LogP contribution in [0.25, 0.3) is 5.69 Å². The summed E-state index contributed by atoms with van der Waals surface area (Å²) in [7, 11) is 2.87. The molecule has 0 saturated heterocycles. The molecule has 0 atom stereocenters. The summed E-state index contributed by atoms with van der Waals surface area (Å²) in [5, 5.41) is 10.5. The van der Waals surface area contributed by atoms with Crippen molar-refractivity contribution in [3.8, 4) is 22.9 Å². The largest absolute Gasteiger partial charge is 0.497 e. The molecule has 29 heavy (non-hydrogen) atoms. The number of aromatic nitrogens is 3. The Morgan fingerprint density at radius 2 is 1.90 bits per heavy atom. The second-order valence-corrected chi connectivity index (χ2v) is 5.84. The minimum Gasteiger partial charge on any atom is -0.497 e. The van der Waals surface area contributed by atoms with Gasteiger partial charge in [-0.2, -0.15) is 8.78 Å². The second kappa shape index (κ2) is 8.55. The van der Waals surface area contributed by atoms with E-state index in [0.717, 1.165) is 0 Å².